The number of nitrogens with zero attached hydrogens (tertiary/aromatic N) is 1. The first-order chi connectivity index (χ1) is 15.4. The van der Waals surface area contributed by atoms with Crippen molar-refractivity contribution >= 4 is 11.8 Å². The lowest BCUT2D eigenvalue weighted by Crippen LogP contribution is -2.49. The van der Waals surface area contributed by atoms with Gasteiger partial charge in [0.1, 0.15) is 17.5 Å². The van der Waals surface area contributed by atoms with Gasteiger partial charge in [0, 0.05) is 13.1 Å². The molecule has 1 N–H and O–H groups in total. The summed E-state index contributed by atoms with van der Waals surface area (Å²) in [5.74, 6) is 1.26. The summed E-state index contributed by atoms with van der Waals surface area (Å²) in [6.45, 7) is 8.73. The zero-order valence-electron chi connectivity index (χ0n) is 19.9. The molecule has 0 spiro atoms. The quantitative estimate of drug-likeness (QED) is 0.493. The minimum Gasteiger partial charge on any atom is -0.497 e. The van der Waals surface area contributed by atoms with Crippen molar-refractivity contribution in [3.63, 3.8) is 0 Å². The van der Waals surface area contributed by atoms with Gasteiger partial charge in [-0.2, -0.15) is 0 Å². The molecular weight excluding hydrogens is 404 g/mol. The molecule has 0 aliphatic heterocycles. The first kappa shape index (κ1) is 25.2. The highest BCUT2D eigenvalue weighted by Crippen LogP contribution is 2.26. The van der Waals surface area contributed by atoms with Crippen LogP contribution in [0.1, 0.15) is 57.6 Å². The van der Waals surface area contributed by atoms with Crippen molar-refractivity contribution in [2.45, 2.75) is 59.0 Å². The summed E-state index contributed by atoms with van der Waals surface area (Å²) in [7, 11) is 1.60. The lowest BCUT2D eigenvalue weighted by molar-refractivity contribution is -0.142. The van der Waals surface area contributed by atoms with E-state index in [0.717, 1.165) is 24.0 Å². The average Bonchev–Trinajstić information content (AvgIpc) is 2.80. The highest BCUT2D eigenvalue weighted by atomic mass is 16.5. The van der Waals surface area contributed by atoms with Gasteiger partial charge in [0.25, 0.3) is 5.91 Å². The first-order valence-corrected chi connectivity index (χ1v) is 11.3. The molecule has 1 atom stereocenters. The minimum atomic E-state index is -0.630. The molecule has 0 aromatic heterocycles. The van der Waals surface area contributed by atoms with Crippen molar-refractivity contribution in [3.05, 3.63) is 59.7 Å². The van der Waals surface area contributed by atoms with Gasteiger partial charge in [-0.15, -0.1) is 0 Å². The summed E-state index contributed by atoms with van der Waals surface area (Å²) >= 11 is 0. The molecule has 2 amide bonds. The Labute approximate surface area is 191 Å². The zero-order valence-corrected chi connectivity index (χ0v) is 19.9. The van der Waals surface area contributed by atoms with Crippen LogP contribution in [-0.4, -0.2) is 43.0 Å². The van der Waals surface area contributed by atoms with Crippen molar-refractivity contribution < 1.29 is 19.1 Å². The van der Waals surface area contributed by atoms with Crippen LogP contribution in [0.5, 0.6) is 11.5 Å². The van der Waals surface area contributed by atoms with Gasteiger partial charge < -0.3 is 19.7 Å². The first-order valence-electron chi connectivity index (χ1n) is 11.3. The minimum absolute atomic E-state index is 0.139. The van der Waals surface area contributed by atoms with Crippen molar-refractivity contribution in [3.8, 4) is 11.5 Å². The second kappa shape index (κ2) is 12.7. The van der Waals surface area contributed by atoms with Crippen LogP contribution in [0, 0.1) is 0 Å². The molecule has 0 aliphatic rings. The molecule has 1 unspecified atom stereocenters. The number of hydrogen-bond donors (Lipinski definition) is 1. The average molecular weight is 441 g/mol. The molecule has 0 bridgehead atoms. The van der Waals surface area contributed by atoms with E-state index in [-0.39, 0.29) is 30.9 Å². The van der Waals surface area contributed by atoms with E-state index in [0.29, 0.717) is 18.0 Å². The van der Waals surface area contributed by atoms with E-state index in [9.17, 15) is 9.59 Å². The zero-order chi connectivity index (χ0) is 23.5. The number of carbonyl (C=O) groups is 2. The smallest absolute Gasteiger partial charge is 0.261 e. The molecule has 32 heavy (non-hydrogen) atoms. The Balaban J connectivity index is 2.18. The fraction of sp³-hybridized carbons (Fsp3) is 0.462. The Hall–Kier alpha value is -3.02. The number of para-hydroxylation sites is 1. The number of nitrogens with one attached hydrogen (secondary N) is 1. The normalized spacial score (nSPS) is 11.7. The van der Waals surface area contributed by atoms with Gasteiger partial charge in [0.05, 0.1) is 7.11 Å². The van der Waals surface area contributed by atoms with E-state index >= 15 is 0 Å². The van der Waals surface area contributed by atoms with E-state index in [2.05, 4.69) is 26.1 Å². The fourth-order valence-electron chi connectivity index (χ4n) is 3.40. The predicted molar refractivity (Wildman–Crippen MR) is 127 cm³/mol. The number of ether oxygens (including phenoxy) is 2. The number of unbranched alkanes of at least 4 members (excludes halogenated alkanes) is 1. The molecule has 2 aromatic carbocycles. The van der Waals surface area contributed by atoms with Crippen molar-refractivity contribution in [2.75, 3.05) is 20.3 Å². The van der Waals surface area contributed by atoms with Gasteiger partial charge >= 0.3 is 0 Å². The molecule has 174 valence electrons. The summed E-state index contributed by atoms with van der Waals surface area (Å²) in [6.07, 6.45) is 1.89. The fourth-order valence-corrected chi connectivity index (χ4v) is 3.40. The number of amides is 2. The van der Waals surface area contributed by atoms with Crippen molar-refractivity contribution in [1.82, 2.24) is 10.2 Å². The lowest BCUT2D eigenvalue weighted by Gasteiger charge is -2.29. The summed E-state index contributed by atoms with van der Waals surface area (Å²) in [5, 5.41) is 2.93. The molecule has 2 rings (SSSR count). The molecule has 0 radical (unpaired) electrons. The summed E-state index contributed by atoms with van der Waals surface area (Å²) in [4.78, 5) is 27.5. The lowest BCUT2D eigenvalue weighted by atomic mass is 10.0. The Morgan fingerprint density at radius 3 is 2.50 bits per heavy atom. The van der Waals surface area contributed by atoms with E-state index in [4.69, 9.17) is 9.47 Å². The number of carbonyl (C=O) groups excluding carboxylic acids is 2. The van der Waals surface area contributed by atoms with Crippen molar-refractivity contribution in [1.29, 1.82) is 0 Å². The van der Waals surface area contributed by atoms with E-state index in [1.807, 2.05) is 48.5 Å². The second-order valence-electron chi connectivity index (χ2n) is 8.17. The molecule has 0 aliphatic carbocycles. The summed E-state index contributed by atoms with van der Waals surface area (Å²) < 4.78 is 11.2. The van der Waals surface area contributed by atoms with Gasteiger partial charge in [0.15, 0.2) is 6.61 Å². The number of hydrogen-bond acceptors (Lipinski definition) is 4. The Kier molecular flexibility index (Phi) is 10.1. The third-order valence-corrected chi connectivity index (χ3v) is 5.38. The maximum Gasteiger partial charge on any atom is 0.261 e. The second-order valence-corrected chi connectivity index (χ2v) is 8.17. The standard InChI is InChI=1S/C26H36N2O4/c1-6-7-15-27-26(30)20(4)28(17-21-11-10-12-22(16-21)31-5)25(29)18-32-24-14-9-8-13-23(24)19(2)3/h8-14,16,19-20H,6-7,15,17-18H2,1-5H3,(H,27,30). The van der Waals surface area contributed by atoms with Gasteiger partial charge in [-0.25, -0.2) is 0 Å². The largest absolute Gasteiger partial charge is 0.497 e. The van der Waals surface area contributed by atoms with Gasteiger partial charge in [-0.1, -0.05) is 57.5 Å². The highest BCUT2D eigenvalue weighted by Gasteiger charge is 2.26. The monoisotopic (exact) mass is 440 g/mol. The molecule has 0 saturated heterocycles. The van der Waals surface area contributed by atoms with Crippen LogP contribution >= 0.6 is 0 Å². The van der Waals surface area contributed by atoms with Crippen LogP contribution in [0.3, 0.4) is 0 Å². The number of rotatable bonds is 12. The maximum absolute atomic E-state index is 13.2. The SMILES string of the molecule is CCCCNC(=O)C(C)N(Cc1cccc(OC)c1)C(=O)COc1ccccc1C(C)C. The molecule has 0 heterocycles. The molecule has 6 nitrogen and oxygen atoms in total. The van der Waals surface area contributed by atoms with Crippen LogP contribution in [0.2, 0.25) is 0 Å². The van der Waals surface area contributed by atoms with Gasteiger partial charge in [-0.3, -0.25) is 9.59 Å². The third-order valence-electron chi connectivity index (χ3n) is 5.38. The molecule has 6 heteroatoms. The van der Waals surface area contributed by atoms with Crippen molar-refractivity contribution in [2.24, 2.45) is 0 Å². The number of methoxy groups -OCH3 is 1. The van der Waals surface area contributed by atoms with Gasteiger partial charge in [0.2, 0.25) is 5.91 Å². The maximum atomic E-state index is 13.2. The molecule has 0 saturated carbocycles. The van der Waals surface area contributed by atoms with Gasteiger partial charge in [-0.05, 0) is 48.6 Å². The highest BCUT2D eigenvalue weighted by molar-refractivity contribution is 5.88. The molecular formula is C26H36N2O4. The Morgan fingerprint density at radius 1 is 1.06 bits per heavy atom. The Morgan fingerprint density at radius 2 is 1.81 bits per heavy atom. The summed E-state index contributed by atoms with van der Waals surface area (Å²) in [6, 6.07) is 14.6. The third kappa shape index (κ3) is 7.29. The van der Waals surface area contributed by atoms with Crippen LogP contribution in [0.15, 0.2) is 48.5 Å². The van der Waals surface area contributed by atoms with Crippen LogP contribution in [0.4, 0.5) is 0 Å². The van der Waals surface area contributed by atoms with Crippen LogP contribution in [-0.2, 0) is 16.1 Å². The van der Waals surface area contributed by atoms with Crippen LogP contribution in [0.25, 0.3) is 0 Å². The predicted octanol–water partition coefficient (Wildman–Crippen LogP) is 4.53. The van der Waals surface area contributed by atoms with E-state index < -0.39 is 6.04 Å². The van der Waals surface area contributed by atoms with E-state index in [1.165, 1.54) is 0 Å². The van der Waals surface area contributed by atoms with E-state index in [1.54, 1.807) is 18.9 Å². The Bertz CT molecular complexity index is 882. The molecule has 2 aromatic rings. The molecule has 0 fully saturated rings. The summed E-state index contributed by atoms with van der Waals surface area (Å²) in [5.41, 5.74) is 1.93. The van der Waals surface area contributed by atoms with Crippen LogP contribution < -0.4 is 14.8 Å². The number of benzene rings is 2. The topological polar surface area (TPSA) is 67.9 Å².